The van der Waals surface area contributed by atoms with Gasteiger partial charge >= 0.3 is 5.97 Å². The molecule has 3 nitrogen and oxygen atoms in total. The fourth-order valence-electron chi connectivity index (χ4n) is 4.07. The van der Waals surface area contributed by atoms with Gasteiger partial charge in [-0.3, -0.25) is 0 Å². The third kappa shape index (κ3) is 2.07. The van der Waals surface area contributed by atoms with Gasteiger partial charge in [0.1, 0.15) is 17.1 Å². The molecular formula is C16H19ClFNO2. The molecule has 3 unspecified atom stereocenters. The minimum Gasteiger partial charge on any atom is -0.458 e. The minimum atomic E-state index is -0.592. The van der Waals surface area contributed by atoms with Crippen LogP contribution < -0.4 is 0 Å². The maximum absolute atomic E-state index is 13.2. The molecule has 2 saturated carbocycles. The molecule has 0 N–H and O–H groups in total. The van der Waals surface area contributed by atoms with Crippen molar-refractivity contribution in [3.05, 3.63) is 28.8 Å². The molecule has 0 radical (unpaired) electrons. The second-order valence-corrected chi connectivity index (χ2v) is 7.35. The molecule has 0 aliphatic heterocycles. The summed E-state index contributed by atoms with van der Waals surface area (Å²) in [6, 6.07) is 1.08. The fourth-order valence-corrected chi connectivity index (χ4v) is 4.25. The van der Waals surface area contributed by atoms with E-state index in [1.165, 1.54) is 6.42 Å². The second kappa shape index (κ2) is 4.67. The average Bonchev–Trinajstić information content (AvgIpc) is 2.74. The molecule has 3 rings (SSSR count). The van der Waals surface area contributed by atoms with Gasteiger partial charge in [0.2, 0.25) is 0 Å². The molecule has 0 amide bonds. The molecule has 2 fully saturated rings. The van der Waals surface area contributed by atoms with Crippen molar-refractivity contribution in [3.63, 3.8) is 0 Å². The molecule has 1 aromatic heterocycles. The zero-order valence-corrected chi connectivity index (χ0v) is 13.2. The smallest absolute Gasteiger partial charge is 0.341 e. The number of nitrogens with zero attached hydrogens (tertiary/aromatic N) is 1. The lowest BCUT2D eigenvalue weighted by molar-refractivity contribution is -0.0243. The number of ether oxygens (including phenoxy) is 1. The van der Waals surface area contributed by atoms with Crippen molar-refractivity contribution in [2.75, 3.05) is 0 Å². The number of fused-ring (bicyclic) bond motifs is 2. The summed E-state index contributed by atoms with van der Waals surface area (Å²) in [6.45, 7) is 6.67. The number of esters is 1. The van der Waals surface area contributed by atoms with Gasteiger partial charge < -0.3 is 4.74 Å². The second-order valence-electron chi connectivity index (χ2n) is 7.00. The zero-order chi connectivity index (χ0) is 15.4. The van der Waals surface area contributed by atoms with Crippen LogP contribution in [0.15, 0.2) is 12.3 Å². The molecule has 2 aliphatic rings. The van der Waals surface area contributed by atoms with E-state index >= 15 is 0 Å². The van der Waals surface area contributed by atoms with Gasteiger partial charge in [-0.25, -0.2) is 14.2 Å². The molecule has 3 atom stereocenters. The van der Waals surface area contributed by atoms with Crippen LogP contribution in [0.2, 0.25) is 5.15 Å². The van der Waals surface area contributed by atoms with E-state index in [1.807, 2.05) is 0 Å². The molecule has 1 aromatic rings. The van der Waals surface area contributed by atoms with E-state index in [1.54, 1.807) is 0 Å². The summed E-state index contributed by atoms with van der Waals surface area (Å²) < 4.78 is 18.9. The van der Waals surface area contributed by atoms with E-state index in [0.717, 1.165) is 25.1 Å². The standard InChI is InChI=1S/C16H19ClFNO2/c1-15(2)9-4-5-16(15,3)12(6-9)21-14(20)11-7-10(18)8-19-13(11)17/h7-9,12H,4-6H2,1-3H3. The van der Waals surface area contributed by atoms with Crippen LogP contribution in [0.4, 0.5) is 4.39 Å². The molecule has 114 valence electrons. The Morgan fingerprint density at radius 3 is 2.76 bits per heavy atom. The summed E-state index contributed by atoms with van der Waals surface area (Å²) in [5.41, 5.74) is 0.128. The Hall–Kier alpha value is -1.16. The van der Waals surface area contributed by atoms with Crippen molar-refractivity contribution in [1.82, 2.24) is 4.98 Å². The Kier molecular flexibility index (Phi) is 3.28. The van der Waals surface area contributed by atoms with Crippen molar-refractivity contribution in [1.29, 1.82) is 0 Å². The van der Waals surface area contributed by atoms with Crippen LogP contribution in [0.3, 0.4) is 0 Å². The Labute approximate surface area is 128 Å². The first kappa shape index (κ1) is 14.8. The molecule has 0 saturated heterocycles. The van der Waals surface area contributed by atoms with E-state index < -0.39 is 11.8 Å². The number of pyridine rings is 1. The van der Waals surface area contributed by atoms with E-state index in [4.69, 9.17) is 16.3 Å². The van der Waals surface area contributed by atoms with Gasteiger partial charge in [0.15, 0.2) is 0 Å². The SMILES string of the molecule is CC1(C)C2CCC1(C)C(OC(=O)c1cc(F)cnc1Cl)C2. The van der Waals surface area contributed by atoms with Crippen LogP contribution in [0.1, 0.15) is 50.4 Å². The van der Waals surface area contributed by atoms with Crippen LogP contribution in [0.5, 0.6) is 0 Å². The van der Waals surface area contributed by atoms with Crippen molar-refractivity contribution in [2.45, 2.75) is 46.1 Å². The Bertz CT molecular complexity index is 604. The zero-order valence-electron chi connectivity index (χ0n) is 12.5. The van der Waals surface area contributed by atoms with Gasteiger partial charge in [0.05, 0.1) is 11.8 Å². The molecule has 2 aliphatic carbocycles. The number of hydrogen-bond acceptors (Lipinski definition) is 3. The summed E-state index contributed by atoms with van der Waals surface area (Å²) >= 11 is 5.87. The van der Waals surface area contributed by atoms with Crippen molar-refractivity contribution in [2.24, 2.45) is 16.7 Å². The third-order valence-electron chi connectivity index (χ3n) is 5.99. The highest BCUT2D eigenvalue weighted by atomic mass is 35.5. The summed E-state index contributed by atoms with van der Waals surface area (Å²) in [5, 5.41) is -0.0195. The normalized spacial score (nSPS) is 33.2. The molecular weight excluding hydrogens is 293 g/mol. The lowest BCUT2D eigenvalue weighted by Crippen LogP contribution is -2.38. The number of carbonyl (C=O) groups excluding carboxylic acids is 1. The summed E-state index contributed by atoms with van der Waals surface area (Å²) in [5.74, 6) is -0.603. The lowest BCUT2D eigenvalue weighted by atomic mass is 9.70. The molecule has 0 aromatic carbocycles. The summed E-state index contributed by atoms with van der Waals surface area (Å²) in [6.07, 6.45) is 3.95. The van der Waals surface area contributed by atoms with E-state index in [2.05, 4.69) is 25.8 Å². The minimum absolute atomic E-state index is 0.000784. The monoisotopic (exact) mass is 311 g/mol. The first-order valence-corrected chi connectivity index (χ1v) is 7.65. The molecule has 5 heteroatoms. The predicted octanol–water partition coefficient (Wildman–Crippen LogP) is 4.25. The van der Waals surface area contributed by atoms with Crippen molar-refractivity contribution < 1.29 is 13.9 Å². The van der Waals surface area contributed by atoms with E-state index in [-0.39, 0.29) is 27.7 Å². The maximum Gasteiger partial charge on any atom is 0.341 e. The largest absolute Gasteiger partial charge is 0.458 e. The first-order valence-electron chi connectivity index (χ1n) is 7.28. The van der Waals surface area contributed by atoms with Crippen LogP contribution in [-0.4, -0.2) is 17.1 Å². The molecule has 0 spiro atoms. The fraction of sp³-hybridized carbons (Fsp3) is 0.625. The lowest BCUT2D eigenvalue weighted by Gasteiger charge is -2.38. The Balaban J connectivity index is 1.82. The average molecular weight is 312 g/mol. The highest BCUT2D eigenvalue weighted by molar-refractivity contribution is 6.32. The van der Waals surface area contributed by atoms with Crippen LogP contribution in [0.25, 0.3) is 0 Å². The maximum atomic E-state index is 13.2. The van der Waals surface area contributed by atoms with Crippen LogP contribution in [0, 0.1) is 22.6 Å². The number of hydrogen-bond donors (Lipinski definition) is 0. The molecule has 21 heavy (non-hydrogen) atoms. The summed E-state index contributed by atoms with van der Waals surface area (Å²) in [4.78, 5) is 15.9. The highest BCUT2D eigenvalue weighted by Crippen LogP contribution is 2.66. The Morgan fingerprint density at radius 1 is 1.48 bits per heavy atom. The van der Waals surface area contributed by atoms with Crippen LogP contribution >= 0.6 is 11.6 Å². The number of carbonyl (C=O) groups is 1. The van der Waals surface area contributed by atoms with Gasteiger partial charge in [-0.05, 0) is 36.7 Å². The van der Waals surface area contributed by atoms with Gasteiger partial charge in [0.25, 0.3) is 0 Å². The quantitative estimate of drug-likeness (QED) is 0.605. The van der Waals surface area contributed by atoms with Crippen LogP contribution in [-0.2, 0) is 4.74 Å². The van der Waals surface area contributed by atoms with E-state index in [0.29, 0.717) is 5.92 Å². The molecule has 1 heterocycles. The van der Waals surface area contributed by atoms with Crippen molar-refractivity contribution in [3.8, 4) is 0 Å². The summed E-state index contributed by atoms with van der Waals surface area (Å²) in [7, 11) is 0. The van der Waals surface area contributed by atoms with Gasteiger partial charge in [-0.15, -0.1) is 0 Å². The third-order valence-corrected chi connectivity index (χ3v) is 6.29. The first-order chi connectivity index (χ1) is 9.75. The Morgan fingerprint density at radius 2 is 2.19 bits per heavy atom. The number of rotatable bonds is 2. The van der Waals surface area contributed by atoms with E-state index in [9.17, 15) is 9.18 Å². The van der Waals surface area contributed by atoms with Crippen molar-refractivity contribution >= 4 is 17.6 Å². The highest BCUT2D eigenvalue weighted by Gasteiger charge is 2.62. The van der Waals surface area contributed by atoms with Gasteiger partial charge in [-0.1, -0.05) is 32.4 Å². The number of aromatic nitrogens is 1. The van der Waals surface area contributed by atoms with Gasteiger partial charge in [-0.2, -0.15) is 0 Å². The topological polar surface area (TPSA) is 39.2 Å². The number of halogens is 2. The predicted molar refractivity (Wildman–Crippen MR) is 77.6 cm³/mol. The molecule has 2 bridgehead atoms. The van der Waals surface area contributed by atoms with Gasteiger partial charge in [0, 0.05) is 5.41 Å².